The summed E-state index contributed by atoms with van der Waals surface area (Å²) in [5.41, 5.74) is 1.25. The van der Waals surface area contributed by atoms with Crippen molar-refractivity contribution in [3.05, 3.63) is 29.8 Å². The highest BCUT2D eigenvalue weighted by Gasteiger charge is 2.32. The minimum atomic E-state index is -0.812. The molecule has 0 radical (unpaired) electrons. The first-order chi connectivity index (χ1) is 10.5. The van der Waals surface area contributed by atoms with Crippen LogP contribution in [0.1, 0.15) is 19.4 Å². The van der Waals surface area contributed by atoms with Gasteiger partial charge in [-0.2, -0.15) is 0 Å². The van der Waals surface area contributed by atoms with Crippen LogP contribution in [0.2, 0.25) is 0 Å². The Morgan fingerprint density at radius 3 is 2.73 bits per heavy atom. The van der Waals surface area contributed by atoms with Crippen molar-refractivity contribution in [2.45, 2.75) is 37.0 Å². The highest BCUT2D eigenvalue weighted by atomic mass is 32.2. The highest BCUT2D eigenvalue weighted by molar-refractivity contribution is 7.99. The van der Waals surface area contributed by atoms with Gasteiger partial charge in [0.25, 0.3) is 0 Å². The molecule has 0 saturated carbocycles. The van der Waals surface area contributed by atoms with Crippen molar-refractivity contribution in [3.8, 4) is 0 Å². The van der Waals surface area contributed by atoms with Crippen LogP contribution in [-0.2, 0) is 10.8 Å². The maximum Gasteiger partial charge on any atom is 0.317 e. The minimum absolute atomic E-state index is 0.0272. The van der Waals surface area contributed by atoms with Crippen molar-refractivity contribution in [3.63, 3.8) is 0 Å². The molecule has 0 spiro atoms. The molecule has 3 atom stereocenters. The molecule has 1 fully saturated rings. The van der Waals surface area contributed by atoms with E-state index in [1.807, 2.05) is 18.7 Å². The molecule has 122 valence electrons. The fraction of sp³-hybridized carbons (Fsp3) is 0.562. The molecule has 1 aromatic rings. The molecule has 0 aromatic heterocycles. The van der Waals surface area contributed by atoms with Crippen molar-refractivity contribution >= 4 is 28.6 Å². The van der Waals surface area contributed by atoms with Crippen LogP contribution in [0.4, 0.5) is 4.79 Å². The molecule has 22 heavy (non-hydrogen) atoms. The number of benzene rings is 1. The molecule has 6 heteroatoms. The largest absolute Gasteiger partial charge is 0.337 e. The lowest BCUT2D eigenvalue weighted by Gasteiger charge is -2.37. The van der Waals surface area contributed by atoms with E-state index in [-0.39, 0.29) is 17.3 Å². The quantitative estimate of drug-likeness (QED) is 0.677. The number of nitrogens with zero attached hydrogens (tertiary/aromatic N) is 1. The normalized spacial score (nSPS) is 25.0. The maximum absolute atomic E-state index is 12.2. The van der Waals surface area contributed by atoms with Gasteiger partial charge < -0.3 is 10.2 Å². The average Bonchev–Trinajstić information content (AvgIpc) is 2.51. The second-order valence-corrected chi connectivity index (χ2v) is 8.70. The summed E-state index contributed by atoms with van der Waals surface area (Å²) in [6.07, 6.45) is 0. The van der Waals surface area contributed by atoms with Gasteiger partial charge in [0.1, 0.15) is 0 Å². The number of hydrogen-bond donors (Lipinski definition) is 1. The molecule has 0 unspecified atom stereocenters. The van der Waals surface area contributed by atoms with E-state index in [4.69, 9.17) is 0 Å². The monoisotopic (exact) mass is 340 g/mol. The SMILES string of the molecule is Cc1ccc(SCCNC(=O)N2CC[S@](=O)[C@@H](C)[C@H]2C)cc1. The summed E-state index contributed by atoms with van der Waals surface area (Å²) in [5, 5.41) is 3.01. The van der Waals surface area contributed by atoms with E-state index in [9.17, 15) is 9.00 Å². The van der Waals surface area contributed by atoms with Crippen LogP contribution in [0.5, 0.6) is 0 Å². The summed E-state index contributed by atoms with van der Waals surface area (Å²) < 4.78 is 11.8. The lowest BCUT2D eigenvalue weighted by molar-refractivity contribution is 0.180. The Labute approximate surface area is 139 Å². The summed E-state index contributed by atoms with van der Waals surface area (Å²) in [6, 6.07) is 8.38. The number of amides is 2. The summed E-state index contributed by atoms with van der Waals surface area (Å²) in [4.78, 5) is 15.2. The number of rotatable bonds is 4. The van der Waals surface area contributed by atoms with Gasteiger partial charge in [-0.1, -0.05) is 17.7 Å². The first kappa shape index (κ1) is 17.3. The molecule has 0 bridgehead atoms. The van der Waals surface area contributed by atoms with Gasteiger partial charge in [-0.25, -0.2) is 4.79 Å². The van der Waals surface area contributed by atoms with Crippen molar-refractivity contribution < 1.29 is 9.00 Å². The Hall–Kier alpha value is -1.01. The first-order valence-electron chi connectivity index (χ1n) is 7.60. The zero-order chi connectivity index (χ0) is 16.1. The Kier molecular flexibility index (Phi) is 6.32. The molecular formula is C16H24N2O2S2. The second kappa shape index (κ2) is 8.02. The van der Waals surface area contributed by atoms with Gasteiger partial charge in [-0.15, -0.1) is 11.8 Å². The van der Waals surface area contributed by atoms with Gasteiger partial charge in [0.2, 0.25) is 0 Å². The molecule has 0 aliphatic carbocycles. The van der Waals surface area contributed by atoms with E-state index >= 15 is 0 Å². The minimum Gasteiger partial charge on any atom is -0.337 e. The maximum atomic E-state index is 12.2. The Morgan fingerprint density at radius 1 is 1.36 bits per heavy atom. The van der Waals surface area contributed by atoms with Crippen LogP contribution in [0.15, 0.2) is 29.2 Å². The highest BCUT2D eigenvalue weighted by Crippen LogP contribution is 2.18. The Morgan fingerprint density at radius 2 is 2.05 bits per heavy atom. The Bertz CT molecular complexity index is 533. The fourth-order valence-electron chi connectivity index (χ4n) is 2.40. The predicted molar refractivity (Wildman–Crippen MR) is 93.9 cm³/mol. The molecule has 1 aliphatic rings. The van der Waals surface area contributed by atoms with Gasteiger partial charge in [-0.05, 0) is 32.9 Å². The van der Waals surface area contributed by atoms with Crippen molar-refractivity contribution in [1.29, 1.82) is 0 Å². The first-order valence-corrected chi connectivity index (χ1v) is 9.97. The summed E-state index contributed by atoms with van der Waals surface area (Å²) >= 11 is 1.74. The Balaban J connectivity index is 1.73. The smallest absolute Gasteiger partial charge is 0.317 e. The molecule has 1 saturated heterocycles. The van der Waals surface area contributed by atoms with Gasteiger partial charge in [0, 0.05) is 46.3 Å². The zero-order valence-electron chi connectivity index (χ0n) is 13.4. The third-order valence-corrected chi connectivity index (χ3v) is 6.87. The molecule has 1 aromatic carbocycles. The van der Waals surface area contributed by atoms with Crippen molar-refractivity contribution in [1.82, 2.24) is 10.2 Å². The van der Waals surface area contributed by atoms with Crippen LogP contribution >= 0.6 is 11.8 Å². The molecular weight excluding hydrogens is 316 g/mol. The number of carbonyl (C=O) groups is 1. The number of thioether (sulfide) groups is 1. The van der Waals surface area contributed by atoms with Crippen LogP contribution in [0.3, 0.4) is 0 Å². The molecule has 1 aliphatic heterocycles. The van der Waals surface area contributed by atoms with Crippen molar-refractivity contribution in [2.24, 2.45) is 0 Å². The summed E-state index contributed by atoms with van der Waals surface area (Å²) in [6.45, 7) is 7.21. The second-order valence-electron chi connectivity index (χ2n) is 5.62. The van der Waals surface area contributed by atoms with E-state index in [1.165, 1.54) is 10.5 Å². The van der Waals surface area contributed by atoms with Gasteiger partial charge in [0.15, 0.2) is 0 Å². The van der Waals surface area contributed by atoms with E-state index in [0.717, 1.165) is 5.75 Å². The third kappa shape index (κ3) is 4.49. The molecule has 1 N–H and O–H groups in total. The van der Waals surface area contributed by atoms with E-state index in [2.05, 4.69) is 36.5 Å². The lowest BCUT2D eigenvalue weighted by Crippen LogP contribution is -2.55. The standard InChI is InChI=1S/C16H24N2O2S2/c1-12-4-6-15(7-5-12)21-10-8-17-16(19)18-9-11-22(20)14(3)13(18)2/h4-7,13-14H,8-11H2,1-3H3,(H,17,19)/t13-,14+,22+/m1/s1. The number of urea groups is 1. The number of carbonyl (C=O) groups excluding carboxylic acids is 1. The third-order valence-electron chi connectivity index (χ3n) is 4.05. The molecule has 4 nitrogen and oxygen atoms in total. The number of nitrogens with one attached hydrogen (secondary N) is 1. The number of hydrogen-bond acceptors (Lipinski definition) is 3. The van der Waals surface area contributed by atoms with Crippen molar-refractivity contribution in [2.75, 3.05) is 24.6 Å². The zero-order valence-corrected chi connectivity index (χ0v) is 15.0. The fourth-order valence-corrected chi connectivity index (χ4v) is 4.50. The molecule has 2 amide bonds. The van der Waals surface area contributed by atoms with Gasteiger partial charge >= 0.3 is 6.03 Å². The van der Waals surface area contributed by atoms with Crippen LogP contribution in [-0.4, -0.2) is 51.0 Å². The van der Waals surface area contributed by atoms with Crippen LogP contribution < -0.4 is 5.32 Å². The van der Waals surface area contributed by atoms with Gasteiger partial charge in [-0.3, -0.25) is 4.21 Å². The van der Waals surface area contributed by atoms with E-state index in [1.54, 1.807) is 11.8 Å². The number of aryl methyl sites for hydroxylation is 1. The predicted octanol–water partition coefficient (Wildman–Crippen LogP) is 2.64. The molecule has 1 heterocycles. The summed E-state index contributed by atoms with van der Waals surface area (Å²) in [7, 11) is -0.812. The topological polar surface area (TPSA) is 49.4 Å². The van der Waals surface area contributed by atoms with Gasteiger partial charge in [0.05, 0.1) is 5.25 Å². The van der Waals surface area contributed by atoms with E-state index in [0.29, 0.717) is 18.8 Å². The van der Waals surface area contributed by atoms with Crippen LogP contribution in [0, 0.1) is 6.92 Å². The lowest BCUT2D eigenvalue weighted by atomic mass is 10.2. The molecule has 2 rings (SSSR count). The average molecular weight is 341 g/mol. The van der Waals surface area contributed by atoms with Crippen LogP contribution in [0.25, 0.3) is 0 Å². The summed E-state index contributed by atoms with van der Waals surface area (Å²) in [5.74, 6) is 1.43. The van der Waals surface area contributed by atoms with E-state index < -0.39 is 10.8 Å².